The third kappa shape index (κ3) is 5.81. The minimum atomic E-state index is -0.0339. The first-order valence-corrected chi connectivity index (χ1v) is 8.31. The second kappa shape index (κ2) is 8.27. The molecule has 1 amide bonds. The zero-order chi connectivity index (χ0) is 16.8. The van der Waals surface area contributed by atoms with Crippen LogP contribution in [-0.2, 0) is 22.6 Å². The fourth-order valence-electron chi connectivity index (χ4n) is 3.03. The molecule has 0 aromatic heterocycles. The molecular weight excluding hydrogens is 288 g/mol. The average Bonchev–Trinajstić information content (AvgIpc) is 2.44. The number of benzene rings is 1. The van der Waals surface area contributed by atoms with E-state index < -0.39 is 0 Å². The SMILES string of the molecule is CC(C)=CC(=O)NCc1ccccc1CN1CC(C)OC(C)C1. The van der Waals surface area contributed by atoms with Crippen molar-refractivity contribution in [2.24, 2.45) is 0 Å². The fraction of sp³-hybridized carbons (Fsp3) is 0.526. The predicted octanol–water partition coefficient (Wildman–Crippen LogP) is 2.88. The van der Waals surface area contributed by atoms with E-state index in [9.17, 15) is 4.79 Å². The molecule has 1 heterocycles. The summed E-state index contributed by atoms with van der Waals surface area (Å²) < 4.78 is 5.80. The maximum atomic E-state index is 11.8. The summed E-state index contributed by atoms with van der Waals surface area (Å²) in [7, 11) is 0. The second-order valence-corrected chi connectivity index (χ2v) is 6.66. The van der Waals surface area contributed by atoms with Crippen molar-refractivity contribution in [3.8, 4) is 0 Å². The highest BCUT2D eigenvalue weighted by atomic mass is 16.5. The summed E-state index contributed by atoms with van der Waals surface area (Å²) in [6, 6.07) is 8.32. The molecule has 1 N–H and O–H groups in total. The van der Waals surface area contributed by atoms with Gasteiger partial charge in [0.25, 0.3) is 0 Å². The van der Waals surface area contributed by atoms with E-state index >= 15 is 0 Å². The summed E-state index contributed by atoms with van der Waals surface area (Å²) in [5, 5.41) is 2.97. The molecule has 4 nitrogen and oxygen atoms in total. The largest absolute Gasteiger partial charge is 0.373 e. The smallest absolute Gasteiger partial charge is 0.244 e. The van der Waals surface area contributed by atoms with E-state index in [1.54, 1.807) is 6.08 Å². The van der Waals surface area contributed by atoms with Crippen LogP contribution in [0.4, 0.5) is 0 Å². The number of carbonyl (C=O) groups excluding carboxylic acids is 1. The Labute approximate surface area is 139 Å². The monoisotopic (exact) mass is 316 g/mol. The van der Waals surface area contributed by atoms with Crippen LogP contribution in [0.1, 0.15) is 38.8 Å². The van der Waals surface area contributed by atoms with Gasteiger partial charge in [0, 0.05) is 32.3 Å². The lowest BCUT2D eigenvalue weighted by Gasteiger charge is -2.35. The topological polar surface area (TPSA) is 41.6 Å². The molecule has 0 radical (unpaired) electrons. The molecule has 0 spiro atoms. The van der Waals surface area contributed by atoms with Crippen molar-refractivity contribution < 1.29 is 9.53 Å². The van der Waals surface area contributed by atoms with Gasteiger partial charge in [0.1, 0.15) is 0 Å². The Bertz CT molecular complexity index is 554. The summed E-state index contributed by atoms with van der Waals surface area (Å²) in [6.07, 6.45) is 2.17. The van der Waals surface area contributed by atoms with Crippen LogP contribution in [0.2, 0.25) is 0 Å². The second-order valence-electron chi connectivity index (χ2n) is 6.66. The lowest BCUT2D eigenvalue weighted by Crippen LogP contribution is -2.45. The van der Waals surface area contributed by atoms with Crippen molar-refractivity contribution in [2.75, 3.05) is 13.1 Å². The van der Waals surface area contributed by atoms with Gasteiger partial charge >= 0.3 is 0 Å². The molecule has 23 heavy (non-hydrogen) atoms. The highest BCUT2D eigenvalue weighted by Crippen LogP contribution is 2.17. The van der Waals surface area contributed by atoms with Gasteiger partial charge in [-0.25, -0.2) is 0 Å². The molecule has 1 fully saturated rings. The van der Waals surface area contributed by atoms with E-state index in [-0.39, 0.29) is 18.1 Å². The number of nitrogens with zero attached hydrogens (tertiary/aromatic N) is 1. The number of allylic oxidation sites excluding steroid dienone is 1. The number of nitrogens with one attached hydrogen (secondary N) is 1. The van der Waals surface area contributed by atoms with Crippen LogP contribution in [0.3, 0.4) is 0 Å². The normalized spacial score (nSPS) is 21.7. The Hall–Kier alpha value is -1.65. The summed E-state index contributed by atoms with van der Waals surface area (Å²) in [6.45, 7) is 11.4. The lowest BCUT2D eigenvalue weighted by atomic mass is 10.1. The van der Waals surface area contributed by atoms with Gasteiger partial charge < -0.3 is 10.1 Å². The van der Waals surface area contributed by atoms with Crippen molar-refractivity contribution in [1.29, 1.82) is 0 Å². The summed E-state index contributed by atoms with van der Waals surface area (Å²) in [4.78, 5) is 14.2. The molecule has 0 aliphatic carbocycles. The third-order valence-corrected chi connectivity index (χ3v) is 3.88. The Morgan fingerprint density at radius 1 is 1.22 bits per heavy atom. The highest BCUT2D eigenvalue weighted by molar-refractivity contribution is 5.87. The Balaban J connectivity index is 2.00. The fourth-order valence-corrected chi connectivity index (χ4v) is 3.03. The first-order valence-electron chi connectivity index (χ1n) is 8.31. The van der Waals surface area contributed by atoms with Gasteiger partial charge in [-0.05, 0) is 38.8 Å². The maximum absolute atomic E-state index is 11.8. The van der Waals surface area contributed by atoms with Crippen LogP contribution in [0.5, 0.6) is 0 Å². The van der Waals surface area contributed by atoms with E-state index in [2.05, 4.69) is 42.3 Å². The molecule has 2 unspecified atom stereocenters. The van der Waals surface area contributed by atoms with Gasteiger partial charge in [0.15, 0.2) is 0 Å². The first kappa shape index (κ1) is 17.7. The molecule has 1 aromatic carbocycles. The van der Waals surface area contributed by atoms with Crippen molar-refractivity contribution >= 4 is 5.91 Å². The molecular formula is C19H28N2O2. The van der Waals surface area contributed by atoms with E-state index in [1.807, 2.05) is 19.9 Å². The third-order valence-electron chi connectivity index (χ3n) is 3.88. The molecule has 0 bridgehead atoms. The van der Waals surface area contributed by atoms with Crippen LogP contribution in [0, 0.1) is 0 Å². The summed E-state index contributed by atoms with van der Waals surface area (Å²) in [5.41, 5.74) is 3.45. The van der Waals surface area contributed by atoms with Crippen LogP contribution in [0.15, 0.2) is 35.9 Å². The number of rotatable bonds is 5. The van der Waals surface area contributed by atoms with Crippen molar-refractivity contribution in [3.05, 3.63) is 47.0 Å². The molecule has 2 atom stereocenters. The summed E-state index contributed by atoms with van der Waals surface area (Å²) in [5.74, 6) is -0.0339. The van der Waals surface area contributed by atoms with Crippen LogP contribution in [0.25, 0.3) is 0 Å². The number of amides is 1. The zero-order valence-electron chi connectivity index (χ0n) is 14.6. The van der Waals surface area contributed by atoms with Crippen LogP contribution >= 0.6 is 0 Å². The molecule has 4 heteroatoms. The van der Waals surface area contributed by atoms with Crippen LogP contribution < -0.4 is 5.32 Å². The Morgan fingerprint density at radius 3 is 2.43 bits per heavy atom. The molecule has 1 saturated heterocycles. The number of hydrogen-bond acceptors (Lipinski definition) is 3. The van der Waals surface area contributed by atoms with Gasteiger partial charge in [0.05, 0.1) is 12.2 Å². The van der Waals surface area contributed by atoms with Crippen LogP contribution in [-0.4, -0.2) is 36.1 Å². The van der Waals surface area contributed by atoms with Crippen molar-refractivity contribution in [1.82, 2.24) is 10.2 Å². The lowest BCUT2D eigenvalue weighted by molar-refractivity contribution is -0.116. The van der Waals surface area contributed by atoms with Gasteiger partial charge in [-0.15, -0.1) is 0 Å². The number of carbonyl (C=O) groups is 1. The highest BCUT2D eigenvalue weighted by Gasteiger charge is 2.22. The first-order chi connectivity index (χ1) is 10.9. The minimum Gasteiger partial charge on any atom is -0.373 e. The molecule has 126 valence electrons. The molecule has 0 saturated carbocycles. The van der Waals surface area contributed by atoms with E-state index in [1.165, 1.54) is 11.1 Å². The molecule has 1 aromatic rings. The van der Waals surface area contributed by atoms with Crippen molar-refractivity contribution in [3.63, 3.8) is 0 Å². The van der Waals surface area contributed by atoms with E-state index in [0.717, 1.165) is 25.2 Å². The molecule has 1 aliphatic rings. The van der Waals surface area contributed by atoms with E-state index in [4.69, 9.17) is 4.74 Å². The quantitative estimate of drug-likeness (QED) is 0.849. The Morgan fingerprint density at radius 2 is 1.83 bits per heavy atom. The summed E-state index contributed by atoms with van der Waals surface area (Å²) >= 11 is 0. The van der Waals surface area contributed by atoms with Crippen molar-refractivity contribution in [2.45, 2.75) is 53.0 Å². The number of hydrogen-bond donors (Lipinski definition) is 1. The average molecular weight is 316 g/mol. The zero-order valence-corrected chi connectivity index (χ0v) is 14.6. The molecule has 2 rings (SSSR count). The predicted molar refractivity (Wildman–Crippen MR) is 93.0 cm³/mol. The van der Waals surface area contributed by atoms with Gasteiger partial charge in [0.2, 0.25) is 5.91 Å². The van der Waals surface area contributed by atoms with Gasteiger partial charge in [-0.1, -0.05) is 29.8 Å². The van der Waals surface area contributed by atoms with Gasteiger partial charge in [-0.2, -0.15) is 0 Å². The molecule has 1 aliphatic heterocycles. The minimum absolute atomic E-state index is 0.0339. The standard InChI is InChI=1S/C19H28N2O2/c1-14(2)9-19(22)20-10-17-7-5-6-8-18(17)13-21-11-15(3)23-16(4)12-21/h5-9,15-16H,10-13H2,1-4H3,(H,20,22). The number of morpholine rings is 1. The Kier molecular flexibility index (Phi) is 6.37. The number of ether oxygens (including phenoxy) is 1. The van der Waals surface area contributed by atoms with E-state index in [0.29, 0.717) is 6.54 Å². The maximum Gasteiger partial charge on any atom is 0.244 e. The van der Waals surface area contributed by atoms with Gasteiger partial charge in [-0.3, -0.25) is 9.69 Å².